The molecule has 2 aromatic heterocycles. The van der Waals surface area contributed by atoms with E-state index in [0.29, 0.717) is 12.6 Å². The highest BCUT2D eigenvalue weighted by atomic mass is 19.4. The van der Waals surface area contributed by atoms with Gasteiger partial charge in [-0.3, -0.25) is 14.3 Å². The Balaban J connectivity index is 0.000000251. The van der Waals surface area contributed by atoms with Crippen molar-refractivity contribution in [3.05, 3.63) is 94.9 Å². The monoisotopic (exact) mass is 564 g/mol. The molecule has 2 N–H and O–H groups in total. The lowest BCUT2D eigenvalue weighted by Crippen LogP contribution is -2.19. The fraction of sp³-hybridized carbons (Fsp3) is 0.394. The number of alkyl halides is 3. The van der Waals surface area contributed by atoms with Crippen molar-refractivity contribution < 1.29 is 18.0 Å². The van der Waals surface area contributed by atoms with Gasteiger partial charge in [-0.15, -0.1) is 0 Å². The SMILES string of the molecule is CC(C)(C)c1c(Cc2ccccc2)c2cc(NC3CCCC3)ccc2n1C=O.CNCc1ccc(C(F)(F)F)nc1. The maximum Gasteiger partial charge on any atom is 0.433 e. The second kappa shape index (κ2) is 12.9. The third-order valence-electron chi connectivity index (χ3n) is 7.37. The van der Waals surface area contributed by atoms with Gasteiger partial charge in [-0.05, 0) is 67.3 Å². The molecule has 2 aromatic carbocycles. The summed E-state index contributed by atoms with van der Waals surface area (Å²) in [5.74, 6) is 0. The van der Waals surface area contributed by atoms with E-state index < -0.39 is 11.9 Å². The van der Waals surface area contributed by atoms with E-state index >= 15 is 0 Å². The summed E-state index contributed by atoms with van der Waals surface area (Å²) in [5, 5.41) is 7.72. The summed E-state index contributed by atoms with van der Waals surface area (Å²) in [6.07, 6.45) is 3.80. The molecule has 2 heterocycles. The molecule has 0 bridgehead atoms. The van der Waals surface area contributed by atoms with E-state index in [1.807, 2.05) is 10.6 Å². The zero-order valence-electron chi connectivity index (χ0n) is 24.2. The Labute approximate surface area is 240 Å². The molecule has 8 heteroatoms. The molecule has 0 saturated heterocycles. The minimum atomic E-state index is -4.35. The van der Waals surface area contributed by atoms with Crippen LogP contribution in [0.2, 0.25) is 0 Å². The number of fused-ring (bicyclic) bond motifs is 1. The van der Waals surface area contributed by atoms with Crippen LogP contribution in [0.5, 0.6) is 0 Å². The van der Waals surface area contributed by atoms with Crippen LogP contribution in [0.15, 0.2) is 66.9 Å². The first-order valence-electron chi connectivity index (χ1n) is 14.1. The molecule has 41 heavy (non-hydrogen) atoms. The molecular weight excluding hydrogens is 525 g/mol. The van der Waals surface area contributed by atoms with Gasteiger partial charge in [0.15, 0.2) is 0 Å². The van der Waals surface area contributed by atoms with E-state index in [1.165, 1.54) is 54.5 Å². The van der Waals surface area contributed by atoms with E-state index in [0.717, 1.165) is 41.4 Å². The lowest BCUT2D eigenvalue weighted by Gasteiger charge is -2.22. The Morgan fingerprint density at radius 3 is 2.24 bits per heavy atom. The van der Waals surface area contributed by atoms with E-state index in [4.69, 9.17) is 0 Å². The molecule has 1 saturated carbocycles. The van der Waals surface area contributed by atoms with Gasteiger partial charge in [0.05, 0.1) is 5.52 Å². The number of carbonyl (C=O) groups excluding carboxylic acids is 1. The summed E-state index contributed by atoms with van der Waals surface area (Å²) in [4.78, 5) is 15.4. The van der Waals surface area contributed by atoms with Crippen LogP contribution in [0.4, 0.5) is 18.9 Å². The largest absolute Gasteiger partial charge is 0.433 e. The molecule has 0 unspecified atom stereocenters. The van der Waals surface area contributed by atoms with Gasteiger partial charge in [0, 0.05) is 41.0 Å². The average Bonchev–Trinajstić information content (AvgIpc) is 3.55. The Morgan fingerprint density at radius 1 is 0.976 bits per heavy atom. The maximum atomic E-state index is 12.1. The quantitative estimate of drug-likeness (QED) is 0.226. The molecular formula is C33H39F3N4O. The van der Waals surface area contributed by atoms with Crippen LogP contribution in [0.3, 0.4) is 0 Å². The van der Waals surface area contributed by atoms with E-state index in [9.17, 15) is 18.0 Å². The normalized spacial score (nSPS) is 14.1. The number of carbonyl (C=O) groups is 1. The zero-order chi connectivity index (χ0) is 29.6. The zero-order valence-corrected chi connectivity index (χ0v) is 24.2. The smallest absolute Gasteiger partial charge is 0.382 e. The second-order valence-corrected chi connectivity index (χ2v) is 11.7. The lowest BCUT2D eigenvalue weighted by atomic mass is 9.86. The number of nitrogens with one attached hydrogen (secondary N) is 2. The Morgan fingerprint density at radius 2 is 1.68 bits per heavy atom. The van der Waals surface area contributed by atoms with Crippen molar-refractivity contribution in [3.63, 3.8) is 0 Å². The number of hydrogen-bond acceptors (Lipinski definition) is 4. The number of hydrogen-bond donors (Lipinski definition) is 2. The molecule has 5 nitrogen and oxygen atoms in total. The topological polar surface area (TPSA) is 59.0 Å². The van der Waals surface area contributed by atoms with Crippen molar-refractivity contribution in [2.75, 3.05) is 12.4 Å². The molecule has 218 valence electrons. The number of anilines is 1. The Kier molecular flexibility index (Phi) is 9.53. The minimum Gasteiger partial charge on any atom is -0.382 e. The summed E-state index contributed by atoms with van der Waals surface area (Å²) in [6, 6.07) is 20.0. The van der Waals surface area contributed by atoms with Crippen molar-refractivity contribution in [1.82, 2.24) is 14.9 Å². The number of aromatic nitrogens is 2. The van der Waals surface area contributed by atoms with Crippen molar-refractivity contribution in [2.45, 2.75) is 77.1 Å². The molecule has 5 rings (SSSR count). The Hall–Kier alpha value is -3.65. The third-order valence-corrected chi connectivity index (χ3v) is 7.37. The highest BCUT2D eigenvalue weighted by Crippen LogP contribution is 2.37. The fourth-order valence-corrected chi connectivity index (χ4v) is 5.58. The molecule has 0 atom stereocenters. The summed E-state index contributed by atoms with van der Waals surface area (Å²) in [7, 11) is 1.72. The van der Waals surface area contributed by atoms with Gasteiger partial charge in [0.2, 0.25) is 6.41 Å². The van der Waals surface area contributed by atoms with Gasteiger partial charge in [0.25, 0.3) is 0 Å². The van der Waals surface area contributed by atoms with Gasteiger partial charge in [-0.2, -0.15) is 13.2 Å². The number of pyridine rings is 1. The summed E-state index contributed by atoms with van der Waals surface area (Å²) in [6.45, 7) is 7.08. The van der Waals surface area contributed by atoms with Crippen LogP contribution in [0, 0.1) is 0 Å². The van der Waals surface area contributed by atoms with Gasteiger partial charge in [-0.25, -0.2) is 0 Å². The summed E-state index contributed by atoms with van der Waals surface area (Å²) < 4.78 is 37.9. The van der Waals surface area contributed by atoms with Crippen LogP contribution in [0.1, 0.15) is 74.5 Å². The van der Waals surface area contributed by atoms with Crippen molar-refractivity contribution in [1.29, 1.82) is 0 Å². The predicted octanol–water partition coefficient (Wildman–Crippen LogP) is 7.74. The predicted molar refractivity (Wildman–Crippen MR) is 160 cm³/mol. The summed E-state index contributed by atoms with van der Waals surface area (Å²) >= 11 is 0. The van der Waals surface area contributed by atoms with Gasteiger partial charge in [-0.1, -0.05) is 70.0 Å². The molecule has 1 aliphatic rings. The lowest BCUT2D eigenvalue weighted by molar-refractivity contribution is -0.141. The van der Waals surface area contributed by atoms with Gasteiger partial charge >= 0.3 is 6.18 Å². The van der Waals surface area contributed by atoms with E-state index in [-0.39, 0.29) is 5.41 Å². The maximum absolute atomic E-state index is 12.1. The van der Waals surface area contributed by atoms with Crippen molar-refractivity contribution in [3.8, 4) is 0 Å². The van der Waals surface area contributed by atoms with Crippen LogP contribution >= 0.6 is 0 Å². The van der Waals surface area contributed by atoms with Crippen molar-refractivity contribution in [2.24, 2.45) is 0 Å². The summed E-state index contributed by atoms with van der Waals surface area (Å²) in [5.41, 5.74) is 5.56. The van der Waals surface area contributed by atoms with Crippen LogP contribution < -0.4 is 10.6 Å². The highest BCUT2D eigenvalue weighted by Gasteiger charge is 2.32. The van der Waals surface area contributed by atoms with Gasteiger partial charge in [0.1, 0.15) is 5.69 Å². The number of halogens is 3. The first kappa shape index (κ1) is 30.3. The average molecular weight is 565 g/mol. The Bertz CT molecular complexity index is 1430. The van der Waals surface area contributed by atoms with Crippen LogP contribution in [-0.4, -0.2) is 29.1 Å². The fourth-order valence-electron chi connectivity index (χ4n) is 5.58. The number of nitrogens with zero attached hydrogens (tertiary/aromatic N) is 2. The van der Waals surface area contributed by atoms with Crippen molar-refractivity contribution >= 4 is 23.0 Å². The molecule has 0 radical (unpaired) electrons. The first-order chi connectivity index (χ1) is 19.5. The standard InChI is InChI=1S/C25H30N2O.C8H9F3N2/c1-25(2,3)24-22(15-18-9-5-4-6-10-18)21-16-20(26-19-11-7-8-12-19)13-14-23(21)27(24)17-28;1-12-4-6-2-3-7(13-5-6)8(9,10)11/h4-6,9-10,13-14,16-17,19,26H,7-8,11-12,15H2,1-3H3;2-3,5,12H,4H2,1H3. The van der Waals surface area contributed by atoms with Crippen LogP contribution in [-0.2, 0) is 29.4 Å². The van der Waals surface area contributed by atoms with Gasteiger partial charge < -0.3 is 10.6 Å². The molecule has 4 aromatic rings. The highest BCUT2D eigenvalue weighted by molar-refractivity contribution is 5.93. The minimum absolute atomic E-state index is 0.122. The number of benzene rings is 2. The van der Waals surface area contributed by atoms with E-state index in [2.05, 4.69) is 78.9 Å². The molecule has 0 amide bonds. The molecule has 0 spiro atoms. The third kappa shape index (κ3) is 7.55. The molecule has 0 aliphatic heterocycles. The number of rotatable bonds is 7. The van der Waals surface area contributed by atoms with E-state index in [1.54, 1.807) is 7.05 Å². The van der Waals surface area contributed by atoms with Crippen LogP contribution in [0.25, 0.3) is 10.9 Å². The molecule has 1 fully saturated rings. The first-order valence-corrected chi connectivity index (χ1v) is 14.1. The molecule has 1 aliphatic carbocycles. The second-order valence-electron chi connectivity index (χ2n) is 11.7.